The number of nitrogens with two attached hydrogens (primary N) is 3. The van der Waals surface area contributed by atoms with Gasteiger partial charge in [-0.05, 0) is 172 Å². The summed E-state index contributed by atoms with van der Waals surface area (Å²) in [5.74, 6) is 1.97. The lowest BCUT2D eigenvalue weighted by Crippen LogP contribution is -2.47. The number of piperidine rings is 1. The molecule has 4 aliphatic rings. The normalized spacial score (nSPS) is 19.2. The predicted octanol–water partition coefficient (Wildman–Crippen LogP) is 17.2. The number of ether oxygens (including phenoxy) is 1. The van der Waals surface area contributed by atoms with E-state index in [1.54, 1.807) is 0 Å². The molecule has 0 aromatic rings. The third-order valence-electron chi connectivity index (χ3n) is 12.1. The van der Waals surface area contributed by atoms with Crippen LogP contribution in [0.5, 0.6) is 0 Å². The van der Waals surface area contributed by atoms with E-state index in [9.17, 15) is 0 Å². The molecule has 0 spiro atoms. The van der Waals surface area contributed by atoms with Gasteiger partial charge >= 0.3 is 0 Å². The molecule has 4 rings (SSSR count). The highest BCUT2D eigenvalue weighted by Crippen LogP contribution is 2.55. The van der Waals surface area contributed by atoms with Crippen molar-refractivity contribution in [3.05, 3.63) is 0 Å². The summed E-state index contributed by atoms with van der Waals surface area (Å²) in [6, 6.07) is 0. The lowest BCUT2D eigenvalue weighted by Gasteiger charge is -2.38. The molecule has 0 amide bonds. The van der Waals surface area contributed by atoms with Crippen molar-refractivity contribution in [3.8, 4) is 0 Å². The second kappa shape index (κ2) is 35.0. The Morgan fingerprint density at radius 3 is 1.19 bits per heavy atom. The first kappa shape index (κ1) is 69.4. The molecular weight excluding hydrogens is 769 g/mol. The van der Waals surface area contributed by atoms with E-state index in [4.69, 9.17) is 21.9 Å². The maximum absolute atomic E-state index is 6.27. The van der Waals surface area contributed by atoms with E-state index >= 15 is 0 Å². The highest BCUT2D eigenvalue weighted by Gasteiger charge is 2.43. The Hall–Kier alpha value is -0.200. The number of hydrogen-bond donors (Lipinski definition) is 4. The largest absolute Gasteiger partial charge is 0.381 e. The van der Waals surface area contributed by atoms with Gasteiger partial charge in [-0.25, -0.2) is 0 Å². The molecule has 386 valence electrons. The third kappa shape index (κ3) is 56.0. The molecular formula is C58H128N4O. The van der Waals surface area contributed by atoms with Gasteiger partial charge in [0.2, 0.25) is 0 Å². The van der Waals surface area contributed by atoms with Crippen molar-refractivity contribution >= 4 is 0 Å². The zero-order valence-electron chi connectivity index (χ0n) is 48.5. The van der Waals surface area contributed by atoms with Crippen molar-refractivity contribution in [3.63, 3.8) is 0 Å². The van der Waals surface area contributed by atoms with Gasteiger partial charge in [0.05, 0.1) is 0 Å². The summed E-state index contributed by atoms with van der Waals surface area (Å²) in [6.45, 7) is 57.9. The number of hydrogen-bond acceptors (Lipinski definition) is 5. The van der Waals surface area contributed by atoms with E-state index in [1.807, 2.05) is 13.8 Å². The van der Waals surface area contributed by atoms with Gasteiger partial charge in [-0.1, -0.05) is 185 Å². The van der Waals surface area contributed by atoms with Crippen molar-refractivity contribution in [2.24, 2.45) is 66.9 Å². The van der Waals surface area contributed by atoms with E-state index in [-0.39, 0.29) is 5.54 Å². The van der Waals surface area contributed by atoms with Crippen molar-refractivity contribution in [2.75, 3.05) is 39.4 Å². The van der Waals surface area contributed by atoms with Crippen LogP contribution in [0.1, 0.15) is 281 Å². The Balaban J connectivity index is -0.000000322. The summed E-state index contributed by atoms with van der Waals surface area (Å²) in [7, 11) is 0. The van der Waals surface area contributed by atoms with Crippen molar-refractivity contribution < 1.29 is 4.74 Å². The van der Waals surface area contributed by atoms with E-state index < -0.39 is 0 Å². The van der Waals surface area contributed by atoms with Crippen molar-refractivity contribution in [2.45, 2.75) is 287 Å². The average Bonchev–Trinajstić information content (AvgIpc) is 4.07. The van der Waals surface area contributed by atoms with Crippen molar-refractivity contribution in [1.29, 1.82) is 0 Å². The molecule has 1 atom stereocenters. The van der Waals surface area contributed by atoms with Crippen molar-refractivity contribution in [1.82, 2.24) is 5.32 Å². The highest BCUT2D eigenvalue weighted by molar-refractivity contribution is 4.94. The number of rotatable bonds is 10. The zero-order valence-corrected chi connectivity index (χ0v) is 48.5. The molecule has 0 aromatic heterocycles. The topological polar surface area (TPSA) is 99.3 Å². The molecule has 0 bridgehead atoms. The predicted molar refractivity (Wildman–Crippen MR) is 291 cm³/mol. The molecule has 0 radical (unpaired) electrons. The first-order valence-corrected chi connectivity index (χ1v) is 27.0. The summed E-state index contributed by atoms with van der Waals surface area (Å²) in [5.41, 5.74) is 20.8. The fourth-order valence-electron chi connectivity index (χ4n) is 8.08. The van der Waals surface area contributed by atoms with Crippen LogP contribution in [-0.4, -0.2) is 44.9 Å². The Morgan fingerprint density at radius 2 is 0.984 bits per heavy atom. The minimum absolute atomic E-state index is 0.0382. The van der Waals surface area contributed by atoms with Gasteiger partial charge in [0.25, 0.3) is 0 Å². The Morgan fingerprint density at radius 1 is 0.556 bits per heavy atom. The minimum Gasteiger partial charge on any atom is -0.381 e. The van der Waals surface area contributed by atoms with Crippen LogP contribution >= 0.6 is 0 Å². The molecule has 0 aromatic carbocycles. The van der Waals surface area contributed by atoms with Crippen LogP contribution in [0.2, 0.25) is 0 Å². The Kier molecular flexibility index (Phi) is 38.5. The second-order valence-corrected chi connectivity index (χ2v) is 27.3. The number of unbranched alkanes of at least 4 members (excludes halogenated alkanes) is 2. The smallest absolute Gasteiger partial charge is 0.0483 e. The Labute approximate surface area is 401 Å². The SMILES string of the molecule is CC.CC(C)(C)C1CC1.CC(C)(C)CC1(N)CCOCC1.CC(C)(C)CCCCN.CC(C)(C)CCCN.CCC1(CC(C)(C)C)CC1.CCCCC(C)(C)C.C[C@@H]1CCCNC1. The van der Waals surface area contributed by atoms with Gasteiger partial charge in [-0.2, -0.15) is 0 Å². The molecule has 7 N–H and O–H groups in total. The van der Waals surface area contributed by atoms with Crippen LogP contribution in [0.3, 0.4) is 0 Å². The van der Waals surface area contributed by atoms with Crippen LogP contribution in [0.4, 0.5) is 0 Å². The standard InChI is InChI=1S/C10H21NO.C10H20.C8H19N.C8H18.C7H17N.C7H14.C6H13N.C2H6/c1-9(2,3)8-10(11)4-6-12-7-5-10;1-5-10(6-7-10)8-9(2,3)4;1-8(2,3)6-4-5-7-9;1-5-6-7-8(2,3)4;1-7(2,3)5-4-6-8;1-7(2,3)6-4-5-6;1-6-3-2-4-7-5-6;1-2/h4-8,11H2,1-3H3;5-8H2,1-4H3;4-7,9H2,1-3H3;5-7H2,1-4H3;4-6,8H2,1-3H3;6H,4-5H2,1-3H3;6-7H,2-5H2,1H3;1-2H3/t;;;;;;6-;/m......1./s1. The van der Waals surface area contributed by atoms with Crippen LogP contribution in [0.15, 0.2) is 0 Å². The molecule has 5 heteroatoms. The quantitative estimate of drug-likeness (QED) is 0.164. The van der Waals surface area contributed by atoms with E-state index in [1.165, 1.54) is 109 Å². The first-order chi connectivity index (χ1) is 28.6. The van der Waals surface area contributed by atoms with Crippen LogP contribution < -0.4 is 22.5 Å². The molecule has 2 heterocycles. The summed E-state index contributed by atoms with van der Waals surface area (Å²) in [4.78, 5) is 0. The highest BCUT2D eigenvalue weighted by atomic mass is 16.5. The zero-order chi connectivity index (χ0) is 50.2. The monoisotopic (exact) mass is 897 g/mol. The summed E-state index contributed by atoms with van der Waals surface area (Å²) >= 11 is 0. The third-order valence-corrected chi connectivity index (χ3v) is 12.1. The number of nitrogens with one attached hydrogen (secondary N) is 1. The molecule has 2 saturated carbocycles. The average molecular weight is 898 g/mol. The van der Waals surface area contributed by atoms with E-state index in [0.717, 1.165) is 69.2 Å². The first-order valence-electron chi connectivity index (χ1n) is 27.0. The lowest BCUT2D eigenvalue weighted by molar-refractivity contribution is 0.0380. The van der Waals surface area contributed by atoms with Gasteiger partial charge in [-0.15, -0.1) is 0 Å². The van der Waals surface area contributed by atoms with Gasteiger partial charge < -0.3 is 27.3 Å². The van der Waals surface area contributed by atoms with E-state index in [0.29, 0.717) is 32.5 Å². The molecule has 0 unspecified atom stereocenters. The summed E-state index contributed by atoms with van der Waals surface area (Å²) in [5, 5.41) is 3.33. The van der Waals surface area contributed by atoms with E-state index in [2.05, 4.69) is 151 Å². The van der Waals surface area contributed by atoms with Gasteiger partial charge in [-0.3, -0.25) is 0 Å². The fourth-order valence-corrected chi connectivity index (χ4v) is 8.08. The maximum atomic E-state index is 6.27. The summed E-state index contributed by atoms with van der Waals surface area (Å²) < 4.78 is 5.30. The lowest BCUT2D eigenvalue weighted by atomic mass is 9.76. The van der Waals surface area contributed by atoms with Gasteiger partial charge in [0.15, 0.2) is 0 Å². The summed E-state index contributed by atoms with van der Waals surface area (Å²) in [6.07, 6.45) is 24.9. The second-order valence-electron chi connectivity index (χ2n) is 27.3. The maximum Gasteiger partial charge on any atom is 0.0483 e. The molecule has 63 heavy (non-hydrogen) atoms. The Bertz CT molecular complexity index is 957. The molecule has 2 saturated heterocycles. The fraction of sp³-hybridized carbons (Fsp3) is 1.00. The molecule has 5 nitrogen and oxygen atoms in total. The van der Waals surface area contributed by atoms with Crippen LogP contribution in [0.25, 0.3) is 0 Å². The molecule has 2 aliphatic carbocycles. The minimum atomic E-state index is 0.0382. The van der Waals surface area contributed by atoms with Gasteiger partial charge in [0.1, 0.15) is 0 Å². The van der Waals surface area contributed by atoms with Crippen LogP contribution in [0, 0.1) is 49.7 Å². The van der Waals surface area contributed by atoms with Crippen LogP contribution in [-0.2, 0) is 4.74 Å². The molecule has 2 aliphatic heterocycles. The van der Waals surface area contributed by atoms with Gasteiger partial charge in [0, 0.05) is 18.8 Å². The molecule has 4 fully saturated rings.